The van der Waals surface area contributed by atoms with Crippen LogP contribution in [-0.2, 0) is 14.8 Å². The lowest BCUT2D eigenvalue weighted by atomic mass is 10.1. The fourth-order valence-corrected chi connectivity index (χ4v) is 2.97. The van der Waals surface area contributed by atoms with Gasteiger partial charge < -0.3 is 10.1 Å². The van der Waals surface area contributed by atoms with Crippen LogP contribution in [0.15, 0.2) is 53.4 Å². The van der Waals surface area contributed by atoms with Gasteiger partial charge in [-0.05, 0) is 36.4 Å². The number of rotatable bonds is 5. The summed E-state index contributed by atoms with van der Waals surface area (Å²) in [6.07, 6.45) is 0. The summed E-state index contributed by atoms with van der Waals surface area (Å²) in [4.78, 5) is 24.2. The smallest absolute Gasteiger partial charge is 0.339 e. The molecular weight excluding hydrogens is 344 g/mol. The van der Waals surface area contributed by atoms with Crippen molar-refractivity contribution in [1.29, 1.82) is 0 Å². The second-order valence-corrected chi connectivity index (χ2v) is 7.45. The molecule has 0 unspecified atom stereocenters. The van der Waals surface area contributed by atoms with Crippen molar-refractivity contribution in [3.8, 4) is 0 Å². The third-order valence-electron chi connectivity index (χ3n) is 3.48. The topological polar surface area (TPSA) is 92.8 Å². The van der Waals surface area contributed by atoms with Crippen molar-refractivity contribution in [3.63, 3.8) is 0 Å². The van der Waals surface area contributed by atoms with Crippen LogP contribution in [0.4, 0.5) is 5.69 Å². The Balaban J connectivity index is 2.25. The van der Waals surface area contributed by atoms with E-state index in [9.17, 15) is 18.0 Å². The van der Waals surface area contributed by atoms with Gasteiger partial charge in [-0.2, -0.15) is 0 Å². The number of amides is 1. The summed E-state index contributed by atoms with van der Waals surface area (Å²) < 4.78 is 29.8. The normalized spacial score (nSPS) is 11.2. The molecule has 132 valence electrons. The van der Waals surface area contributed by atoms with Gasteiger partial charge in [-0.1, -0.05) is 12.1 Å². The summed E-state index contributed by atoms with van der Waals surface area (Å²) in [7, 11) is 0.556. The zero-order valence-corrected chi connectivity index (χ0v) is 14.8. The van der Waals surface area contributed by atoms with Crippen LogP contribution < -0.4 is 5.32 Å². The standard InChI is InChI=1S/C17H18N2O5S/c1-19(2)25(22,23)13-10-8-12(9-11-13)16(20)18-15-7-5-4-6-14(15)17(21)24-3/h4-11H,1-3H3,(H,18,20). The molecule has 0 saturated carbocycles. The van der Waals surface area contributed by atoms with Crippen LogP contribution >= 0.6 is 0 Å². The van der Waals surface area contributed by atoms with Crippen LogP contribution in [0.2, 0.25) is 0 Å². The molecule has 7 nitrogen and oxygen atoms in total. The number of sulfonamides is 1. The molecule has 0 aliphatic carbocycles. The fourth-order valence-electron chi connectivity index (χ4n) is 2.06. The molecule has 0 atom stereocenters. The quantitative estimate of drug-likeness (QED) is 0.821. The van der Waals surface area contributed by atoms with Crippen LogP contribution in [0.5, 0.6) is 0 Å². The van der Waals surface area contributed by atoms with Crippen molar-refractivity contribution in [2.45, 2.75) is 4.90 Å². The summed E-state index contributed by atoms with van der Waals surface area (Å²) in [6.45, 7) is 0. The lowest BCUT2D eigenvalue weighted by Crippen LogP contribution is -2.22. The first-order valence-electron chi connectivity index (χ1n) is 7.28. The van der Waals surface area contributed by atoms with Crippen LogP contribution in [0.25, 0.3) is 0 Å². The molecule has 0 spiro atoms. The van der Waals surface area contributed by atoms with E-state index in [2.05, 4.69) is 10.1 Å². The maximum Gasteiger partial charge on any atom is 0.339 e. The Morgan fingerprint density at radius 2 is 1.60 bits per heavy atom. The molecule has 1 N–H and O–H groups in total. The minimum atomic E-state index is -3.56. The summed E-state index contributed by atoms with van der Waals surface area (Å²) in [5.74, 6) is -1.03. The van der Waals surface area contributed by atoms with Crippen molar-refractivity contribution in [2.75, 3.05) is 26.5 Å². The molecule has 0 fully saturated rings. The average Bonchev–Trinajstić information content (AvgIpc) is 2.61. The van der Waals surface area contributed by atoms with Gasteiger partial charge in [0.2, 0.25) is 10.0 Å². The van der Waals surface area contributed by atoms with Gasteiger partial charge in [-0.15, -0.1) is 0 Å². The molecular formula is C17H18N2O5S. The van der Waals surface area contributed by atoms with Crippen molar-refractivity contribution >= 4 is 27.6 Å². The monoisotopic (exact) mass is 362 g/mol. The molecule has 0 aliphatic rings. The van der Waals surface area contributed by atoms with Gasteiger partial charge in [0.1, 0.15) is 0 Å². The minimum Gasteiger partial charge on any atom is -0.465 e. The van der Waals surface area contributed by atoms with Crippen LogP contribution in [0.1, 0.15) is 20.7 Å². The zero-order chi connectivity index (χ0) is 18.6. The number of ether oxygens (including phenoxy) is 1. The zero-order valence-electron chi connectivity index (χ0n) is 14.0. The van der Waals surface area contributed by atoms with Gasteiger partial charge in [-0.25, -0.2) is 17.5 Å². The number of anilines is 1. The summed E-state index contributed by atoms with van der Waals surface area (Å²) >= 11 is 0. The lowest BCUT2D eigenvalue weighted by Gasteiger charge is -2.12. The molecule has 0 aromatic heterocycles. The van der Waals surface area contributed by atoms with Crippen molar-refractivity contribution in [3.05, 3.63) is 59.7 Å². The van der Waals surface area contributed by atoms with E-state index in [-0.39, 0.29) is 16.0 Å². The summed E-state index contributed by atoms with van der Waals surface area (Å²) in [5.41, 5.74) is 0.798. The maximum atomic E-state index is 12.3. The largest absolute Gasteiger partial charge is 0.465 e. The van der Waals surface area contributed by atoms with Gasteiger partial charge in [0.15, 0.2) is 0 Å². The molecule has 0 radical (unpaired) electrons. The number of benzene rings is 2. The van der Waals surface area contributed by atoms with E-state index in [1.165, 1.54) is 51.5 Å². The fraction of sp³-hybridized carbons (Fsp3) is 0.176. The highest BCUT2D eigenvalue weighted by Crippen LogP contribution is 2.18. The molecule has 2 aromatic rings. The first kappa shape index (κ1) is 18.6. The molecule has 2 rings (SSSR count). The van der Waals surface area contributed by atoms with Crippen LogP contribution in [0, 0.1) is 0 Å². The Kier molecular flexibility index (Phi) is 5.55. The molecule has 0 saturated heterocycles. The third-order valence-corrected chi connectivity index (χ3v) is 5.30. The predicted octanol–water partition coefficient (Wildman–Crippen LogP) is 1.98. The highest BCUT2D eigenvalue weighted by molar-refractivity contribution is 7.89. The number of carbonyl (C=O) groups excluding carboxylic acids is 2. The second-order valence-electron chi connectivity index (χ2n) is 5.30. The Bertz CT molecular complexity index is 890. The molecule has 2 aromatic carbocycles. The number of carbonyl (C=O) groups is 2. The van der Waals surface area contributed by atoms with Gasteiger partial charge in [0.05, 0.1) is 23.3 Å². The Morgan fingerprint density at radius 3 is 2.16 bits per heavy atom. The SMILES string of the molecule is COC(=O)c1ccccc1NC(=O)c1ccc(S(=O)(=O)N(C)C)cc1. The number of nitrogens with zero attached hydrogens (tertiary/aromatic N) is 1. The molecule has 0 bridgehead atoms. The number of para-hydroxylation sites is 1. The van der Waals surface area contributed by atoms with Gasteiger partial charge in [-0.3, -0.25) is 4.79 Å². The highest BCUT2D eigenvalue weighted by Gasteiger charge is 2.18. The van der Waals surface area contributed by atoms with Crippen LogP contribution in [0.3, 0.4) is 0 Å². The van der Waals surface area contributed by atoms with Crippen molar-refractivity contribution in [1.82, 2.24) is 4.31 Å². The van der Waals surface area contributed by atoms with E-state index in [0.717, 1.165) is 4.31 Å². The number of methoxy groups -OCH3 is 1. The molecule has 0 aliphatic heterocycles. The first-order chi connectivity index (χ1) is 11.8. The Hall–Kier alpha value is -2.71. The van der Waals surface area contributed by atoms with Gasteiger partial charge >= 0.3 is 5.97 Å². The van der Waals surface area contributed by atoms with E-state index in [4.69, 9.17) is 0 Å². The van der Waals surface area contributed by atoms with Crippen molar-refractivity contribution < 1.29 is 22.7 Å². The van der Waals surface area contributed by atoms with Gasteiger partial charge in [0, 0.05) is 19.7 Å². The van der Waals surface area contributed by atoms with E-state index in [0.29, 0.717) is 5.69 Å². The number of hydrogen-bond donors (Lipinski definition) is 1. The first-order valence-corrected chi connectivity index (χ1v) is 8.72. The number of esters is 1. The number of hydrogen-bond acceptors (Lipinski definition) is 5. The second kappa shape index (κ2) is 7.45. The molecule has 25 heavy (non-hydrogen) atoms. The molecule has 8 heteroatoms. The summed E-state index contributed by atoms with van der Waals surface area (Å²) in [6, 6.07) is 12.0. The van der Waals surface area contributed by atoms with E-state index in [1.807, 2.05) is 0 Å². The Labute approximate surface area is 146 Å². The highest BCUT2D eigenvalue weighted by atomic mass is 32.2. The predicted molar refractivity (Wildman–Crippen MR) is 93.0 cm³/mol. The van der Waals surface area contributed by atoms with Crippen LogP contribution in [-0.4, -0.2) is 45.8 Å². The molecule has 0 heterocycles. The average molecular weight is 362 g/mol. The molecule has 1 amide bonds. The summed E-state index contributed by atoms with van der Waals surface area (Å²) in [5, 5.41) is 2.62. The lowest BCUT2D eigenvalue weighted by molar-refractivity contribution is 0.0602. The minimum absolute atomic E-state index is 0.0870. The van der Waals surface area contributed by atoms with Crippen molar-refractivity contribution in [2.24, 2.45) is 0 Å². The van der Waals surface area contributed by atoms with E-state index in [1.54, 1.807) is 18.2 Å². The number of nitrogens with one attached hydrogen (secondary N) is 1. The third kappa shape index (κ3) is 4.04. The van der Waals surface area contributed by atoms with E-state index < -0.39 is 21.9 Å². The van der Waals surface area contributed by atoms with Gasteiger partial charge in [0.25, 0.3) is 5.91 Å². The van der Waals surface area contributed by atoms with E-state index >= 15 is 0 Å². The Morgan fingerprint density at radius 1 is 1.00 bits per heavy atom. The maximum absolute atomic E-state index is 12.3.